The third-order valence-corrected chi connectivity index (χ3v) is 1.22. The summed E-state index contributed by atoms with van der Waals surface area (Å²) in [6.07, 6.45) is 4.90. The molecule has 4 heteroatoms. The molecular weight excluding hydrogens is 142 g/mol. The molecule has 1 heterocycles. The Balaban J connectivity index is 2.82. The van der Waals surface area contributed by atoms with Crippen molar-refractivity contribution in [3.05, 3.63) is 18.5 Å². The highest BCUT2D eigenvalue weighted by Crippen LogP contribution is 2.00. The number of hydrogen-bond donors (Lipinski definition) is 0. The lowest BCUT2D eigenvalue weighted by molar-refractivity contribution is 0.551. The minimum atomic E-state index is 0.394. The summed E-state index contributed by atoms with van der Waals surface area (Å²) in [5.41, 5.74) is 0. The summed E-state index contributed by atoms with van der Waals surface area (Å²) in [6.45, 7) is 2.37. The maximum atomic E-state index is 10.3. The molecule has 0 N–H and O–H groups in total. The van der Waals surface area contributed by atoms with Gasteiger partial charge in [0.1, 0.15) is 0 Å². The molecule has 0 aliphatic carbocycles. The molecule has 4 nitrogen and oxygen atoms in total. The second-order valence-corrected chi connectivity index (χ2v) is 1.88. The van der Waals surface area contributed by atoms with E-state index >= 15 is 0 Å². The lowest BCUT2D eigenvalue weighted by Crippen LogP contribution is -2.22. The first kappa shape index (κ1) is 7.65. The van der Waals surface area contributed by atoms with Gasteiger partial charge in [-0.1, -0.05) is 0 Å². The van der Waals surface area contributed by atoms with Crippen molar-refractivity contribution < 1.29 is 4.79 Å². The van der Waals surface area contributed by atoms with Gasteiger partial charge in [0.05, 0.1) is 0 Å². The van der Waals surface area contributed by atoms with Crippen molar-refractivity contribution in [1.82, 2.24) is 9.97 Å². The fourth-order valence-electron chi connectivity index (χ4n) is 0.677. The van der Waals surface area contributed by atoms with Crippen LogP contribution in [-0.4, -0.2) is 22.9 Å². The predicted molar refractivity (Wildman–Crippen MR) is 40.7 cm³/mol. The summed E-state index contributed by atoms with van der Waals surface area (Å²) in [5, 5.41) is 0. The number of carbonyl (C=O) groups excluding carboxylic acids is 1. The molecule has 0 aromatic carbocycles. The number of anilines is 1. The second-order valence-electron chi connectivity index (χ2n) is 1.88. The standard InChI is InChI=1S/C7H8N3O/c1-2-10(6-11)7-8-4-3-5-9-7/h3-5H,2H2,1H3. The number of hydrogen-bond acceptors (Lipinski definition) is 3. The molecular formula is C7H8N3O. The fourth-order valence-corrected chi connectivity index (χ4v) is 0.677. The molecule has 1 aromatic heterocycles. The van der Waals surface area contributed by atoms with Crippen LogP contribution in [0, 0.1) is 0 Å². The van der Waals surface area contributed by atoms with Gasteiger partial charge in [0.15, 0.2) is 0 Å². The van der Waals surface area contributed by atoms with Gasteiger partial charge in [-0.25, -0.2) is 9.97 Å². The van der Waals surface area contributed by atoms with Crippen LogP contribution in [0.1, 0.15) is 6.92 Å². The molecule has 1 rings (SSSR count). The first-order chi connectivity index (χ1) is 5.38. The Kier molecular flexibility index (Phi) is 2.54. The first-order valence-electron chi connectivity index (χ1n) is 3.30. The van der Waals surface area contributed by atoms with Crippen LogP contribution in [0.3, 0.4) is 0 Å². The highest BCUT2D eigenvalue weighted by molar-refractivity contribution is 5.71. The van der Waals surface area contributed by atoms with Gasteiger partial charge in [-0.05, 0) is 13.0 Å². The molecule has 0 saturated carbocycles. The summed E-state index contributed by atoms with van der Waals surface area (Å²) < 4.78 is 0. The average molecular weight is 150 g/mol. The van der Waals surface area contributed by atoms with Crippen molar-refractivity contribution >= 4 is 12.4 Å². The molecule has 11 heavy (non-hydrogen) atoms. The largest absolute Gasteiger partial charge is 0.319 e. The lowest BCUT2D eigenvalue weighted by Gasteiger charge is -2.09. The molecule has 0 unspecified atom stereocenters. The molecule has 1 radical (unpaired) electrons. The number of aromatic nitrogens is 2. The molecule has 1 amide bonds. The quantitative estimate of drug-likeness (QED) is 0.585. The van der Waals surface area contributed by atoms with E-state index in [1.165, 1.54) is 4.90 Å². The maximum absolute atomic E-state index is 10.3. The van der Waals surface area contributed by atoms with Crippen LogP contribution in [0.25, 0.3) is 0 Å². The Morgan fingerprint density at radius 2 is 2.18 bits per heavy atom. The fraction of sp³-hybridized carbons (Fsp3) is 0.286. The van der Waals surface area contributed by atoms with Crippen LogP contribution in [0.2, 0.25) is 0 Å². The zero-order chi connectivity index (χ0) is 8.10. The van der Waals surface area contributed by atoms with Crippen LogP contribution in [0.15, 0.2) is 18.5 Å². The van der Waals surface area contributed by atoms with Crippen molar-refractivity contribution in [3.8, 4) is 0 Å². The van der Waals surface area contributed by atoms with Crippen molar-refractivity contribution in [2.45, 2.75) is 6.92 Å². The molecule has 1 aromatic rings. The van der Waals surface area contributed by atoms with E-state index in [1.54, 1.807) is 24.9 Å². The normalized spacial score (nSPS) is 9.18. The molecule has 57 valence electrons. The zero-order valence-corrected chi connectivity index (χ0v) is 6.19. The Morgan fingerprint density at radius 1 is 1.55 bits per heavy atom. The van der Waals surface area contributed by atoms with E-state index in [-0.39, 0.29) is 0 Å². The van der Waals surface area contributed by atoms with Gasteiger partial charge < -0.3 is 0 Å². The molecule has 0 atom stereocenters. The van der Waals surface area contributed by atoms with E-state index in [1.807, 2.05) is 6.92 Å². The summed E-state index contributed by atoms with van der Waals surface area (Å²) in [7, 11) is 0. The maximum Gasteiger partial charge on any atom is 0.319 e. The van der Waals surface area contributed by atoms with E-state index in [0.717, 1.165) is 0 Å². The minimum absolute atomic E-state index is 0.394. The summed E-state index contributed by atoms with van der Waals surface area (Å²) in [4.78, 5) is 19.3. The van der Waals surface area contributed by atoms with Crippen molar-refractivity contribution in [1.29, 1.82) is 0 Å². The lowest BCUT2D eigenvalue weighted by atomic mass is 10.6. The topological polar surface area (TPSA) is 46.1 Å². The average Bonchev–Trinajstić information content (AvgIpc) is 2.09. The molecule has 0 spiro atoms. The Morgan fingerprint density at radius 3 is 2.64 bits per heavy atom. The van der Waals surface area contributed by atoms with Crippen molar-refractivity contribution in [2.24, 2.45) is 0 Å². The predicted octanol–water partition coefficient (Wildman–Crippen LogP) is 0.370. The van der Waals surface area contributed by atoms with Gasteiger partial charge in [0, 0.05) is 18.9 Å². The second kappa shape index (κ2) is 3.65. The van der Waals surface area contributed by atoms with Crippen LogP contribution in [-0.2, 0) is 4.79 Å². The van der Waals surface area contributed by atoms with Crippen LogP contribution in [0.4, 0.5) is 5.95 Å². The molecule has 0 aliphatic rings. The van der Waals surface area contributed by atoms with Gasteiger partial charge >= 0.3 is 6.41 Å². The van der Waals surface area contributed by atoms with E-state index in [9.17, 15) is 4.79 Å². The van der Waals surface area contributed by atoms with Gasteiger partial charge in [0.2, 0.25) is 5.95 Å². The van der Waals surface area contributed by atoms with Crippen LogP contribution in [0.5, 0.6) is 0 Å². The molecule has 0 aliphatic heterocycles. The van der Waals surface area contributed by atoms with Gasteiger partial charge in [-0.3, -0.25) is 9.69 Å². The number of rotatable bonds is 3. The Labute approximate surface area is 64.9 Å². The van der Waals surface area contributed by atoms with Gasteiger partial charge in [0.25, 0.3) is 0 Å². The van der Waals surface area contributed by atoms with Crippen molar-refractivity contribution in [2.75, 3.05) is 11.4 Å². The number of amides is 1. The Bertz CT molecular complexity index is 224. The van der Waals surface area contributed by atoms with Crippen LogP contribution < -0.4 is 4.90 Å². The van der Waals surface area contributed by atoms with E-state index < -0.39 is 0 Å². The first-order valence-corrected chi connectivity index (χ1v) is 3.30. The zero-order valence-electron chi connectivity index (χ0n) is 6.19. The van der Waals surface area contributed by atoms with Gasteiger partial charge in [-0.15, -0.1) is 0 Å². The number of nitrogens with zero attached hydrogens (tertiary/aromatic N) is 3. The smallest absolute Gasteiger partial charge is 0.273 e. The third kappa shape index (κ3) is 1.73. The summed E-state index contributed by atoms with van der Waals surface area (Å²) >= 11 is 0. The molecule has 0 fully saturated rings. The summed E-state index contributed by atoms with van der Waals surface area (Å²) in [5.74, 6) is 0.394. The highest BCUT2D eigenvalue weighted by atomic mass is 16.1. The molecule has 0 bridgehead atoms. The SMILES string of the molecule is CCN([C]=O)c1ncccn1. The van der Waals surface area contributed by atoms with E-state index in [4.69, 9.17) is 0 Å². The van der Waals surface area contributed by atoms with E-state index in [0.29, 0.717) is 12.5 Å². The Hall–Kier alpha value is -1.45. The van der Waals surface area contributed by atoms with Gasteiger partial charge in [-0.2, -0.15) is 0 Å². The highest BCUT2D eigenvalue weighted by Gasteiger charge is 2.03. The molecule has 0 saturated heterocycles. The monoisotopic (exact) mass is 150 g/mol. The van der Waals surface area contributed by atoms with Crippen molar-refractivity contribution in [3.63, 3.8) is 0 Å². The van der Waals surface area contributed by atoms with Crippen LogP contribution >= 0.6 is 0 Å². The minimum Gasteiger partial charge on any atom is -0.273 e. The third-order valence-electron chi connectivity index (χ3n) is 1.22. The summed E-state index contributed by atoms with van der Waals surface area (Å²) in [6, 6.07) is 1.70. The van der Waals surface area contributed by atoms with E-state index in [2.05, 4.69) is 9.97 Å².